The number of amides is 2. The number of methoxy groups -OCH3 is 2. The number of alkyl halides is 3. The number of anilines is 2. The Morgan fingerprint density at radius 1 is 1.03 bits per heavy atom. The Labute approximate surface area is 217 Å². The molecule has 0 radical (unpaired) electrons. The summed E-state index contributed by atoms with van der Waals surface area (Å²) < 4.78 is 50.3. The number of halogens is 3. The van der Waals surface area contributed by atoms with Crippen LogP contribution >= 0.6 is 11.3 Å². The van der Waals surface area contributed by atoms with E-state index in [2.05, 4.69) is 15.6 Å². The highest BCUT2D eigenvalue weighted by Gasteiger charge is 2.30. The predicted molar refractivity (Wildman–Crippen MR) is 136 cm³/mol. The van der Waals surface area contributed by atoms with Crippen molar-refractivity contribution in [3.8, 4) is 11.5 Å². The van der Waals surface area contributed by atoms with Crippen molar-refractivity contribution in [3.05, 3.63) is 75.1 Å². The van der Waals surface area contributed by atoms with Crippen molar-refractivity contribution in [1.29, 1.82) is 0 Å². The Kier molecular flexibility index (Phi) is 7.39. The number of rotatable bonds is 7. The quantitative estimate of drug-likeness (QED) is 0.348. The van der Waals surface area contributed by atoms with Crippen molar-refractivity contribution < 1.29 is 32.2 Å². The van der Waals surface area contributed by atoms with Gasteiger partial charge in [0.15, 0.2) is 11.5 Å². The van der Waals surface area contributed by atoms with Crippen LogP contribution in [0.5, 0.6) is 11.5 Å². The highest BCUT2D eigenvalue weighted by atomic mass is 32.1. The van der Waals surface area contributed by atoms with Gasteiger partial charge in [-0.2, -0.15) is 13.2 Å². The normalized spacial score (nSPS) is 11.3. The first kappa shape index (κ1) is 26.7. The maximum absolute atomic E-state index is 13.1. The summed E-state index contributed by atoms with van der Waals surface area (Å²) in [5.41, 5.74) is -0.710. The number of fused-ring (bicyclic) bond motifs is 1. The zero-order valence-electron chi connectivity index (χ0n) is 20.3. The SMILES string of the molecule is COc1ccc(NC(=O)c2sc3ncn(CC(=O)Nc4cccc(C(F)(F)F)c4)c(=O)c3c2C)cc1OC. The van der Waals surface area contributed by atoms with Crippen molar-refractivity contribution in [2.75, 3.05) is 24.9 Å². The molecule has 0 aliphatic rings. The monoisotopic (exact) mass is 546 g/mol. The smallest absolute Gasteiger partial charge is 0.416 e. The van der Waals surface area contributed by atoms with Gasteiger partial charge in [0.1, 0.15) is 11.4 Å². The van der Waals surface area contributed by atoms with Gasteiger partial charge in [-0.25, -0.2) is 4.98 Å². The van der Waals surface area contributed by atoms with E-state index in [1.165, 1.54) is 26.4 Å². The van der Waals surface area contributed by atoms with Gasteiger partial charge in [-0.3, -0.25) is 19.0 Å². The lowest BCUT2D eigenvalue weighted by Crippen LogP contribution is -2.28. The third kappa shape index (κ3) is 5.47. The fraction of sp³-hybridized carbons (Fsp3) is 0.200. The zero-order chi connectivity index (χ0) is 27.6. The molecular weight excluding hydrogens is 525 g/mol. The lowest BCUT2D eigenvalue weighted by atomic mass is 10.2. The average molecular weight is 547 g/mol. The van der Waals surface area contributed by atoms with Gasteiger partial charge < -0.3 is 20.1 Å². The molecule has 2 N–H and O–H groups in total. The van der Waals surface area contributed by atoms with Crippen LogP contribution in [0.3, 0.4) is 0 Å². The molecule has 4 rings (SSSR count). The van der Waals surface area contributed by atoms with Crippen LogP contribution < -0.4 is 25.7 Å². The summed E-state index contributed by atoms with van der Waals surface area (Å²) in [6.07, 6.45) is -3.41. The topological polar surface area (TPSA) is 112 Å². The number of aromatic nitrogens is 2. The standard InChI is InChI=1S/C25H21F3N4O5S/c1-13-20-23(38-21(13)22(34)31-16-7-8-17(36-2)18(10-16)37-3)29-12-32(24(20)35)11-19(33)30-15-6-4-5-14(9-15)25(26,27)28/h4-10,12H,11H2,1-3H3,(H,30,33)(H,31,34). The van der Waals surface area contributed by atoms with E-state index in [0.717, 1.165) is 34.4 Å². The molecule has 9 nitrogen and oxygen atoms in total. The first-order valence-electron chi connectivity index (χ1n) is 11.0. The summed E-state index contributed by atoms with van der Waals surface area (Å²) in [6.45, 7) is 1.11. The lowest BCUT2D eigenvalue weighted by Gasteiger charge is -2.10. The number of hydrogen-bond donors (Lipinski definition) is 2. The van der Waals surface area contributed by atoms with Crippen LogP contribution in [0.1, 0.15) is 20.8 Å². The highest BCUT2D eigenvalue weighted by Crippen LogP contribution is 2.32. The second-order valence-electron chi connectivity index (χ2n) is 8.06. The van der Waals surface area contributed by atoms with Gasteiger partial charge in [0.05, 0.1) is 36.4 Å². The number of aryl methyl sites for hydroxylation is 1. The van der Waals surface area contributed by atoms with Gasteiger partial charge in [0.2, 0.25) is 5.91 Å². The number of nitrogens with one attached hydrogen (secondary N) is 2. The van der Waals surface area contributed by atoms with Crippen molar-refractivity contribution in [2.24, 2.45) is 0 Å². The molecule has 2 amide bonds. The molecule has 198 valence electrons. The van der Waals surface area contributed by atoms with Gasteiger partial charge in [-0.1, -0.05) is 6.07 Å². The van der Waals surface area contributed by atoms with Crippen LogP contribution in [0.4, 0.5) is 24.5 Å². The molecule has 4 aromatic rings. The van der Waals surface area contributed by atoms with Crippen LogP contribution in [0.2, 0.25) is 0 Å². The van der Waals surface area contributed by atoms with Crippen molar-refractivity contribution in [1.82, 2.24) is 9.55 Å². The summed E-state index contributed by atoms with van der Waals surface area (Å²) in [6, 6.07) is 9.02. The Balaban J connectivity index is 1.55. The maximum Gasteiger partial charge on any atom is 0.416 e. The van der Waals surface area contributed by atoms with E-state index >= 15 is 0 Å². The molecule has 0 unspecified atom stereocenters. The first-order chi connectivity index (χ1) is 18.0. The number of hydrogen-bond acceptors (Lipinski definition) is 7. The van der Waals surface area contributed by atoms with Crippen LogP contribution in [0.15, 0.2) is 53.6 Å². The van der Waals surface area contributed by atoms with E-state index in [0.29, 0.717) is 27.6 Å². The van der Waals surface area contributed by atoms with Gasteiger partial charge in [-0.05, 0) is 42.8 Å². The van der Waals surface area contributed by atoms with Gasteiger partial charge in [0.25, 0.3) is 11.5 Å². The van der Waals surface area contributed by atoms with Crippen LogP contribution in [-0.2, 0) is 17.5 Å². The van der Waals surface area contributed by atoms with Crippen molar-refractivity contribution >= 4 is 44.7 Å². The predicted octanol–water partition coefficient (Wildman–Crippen LogP) is 4.69. The molecule has 0 atom stereocenters. The summed E-state index contributed by atoms with van der Waals surface area (Å²) in [7, 11) is 2.96. The van der Waals surface area contributed by atoms with Crippen LogP contribution in [0, 0.1) is 6.92 Å². The van der Waals surface area contributed by atoms with E-state index in [1.807, 2.05) is 0 Å². The van der Waals surface area contributed by atoms with Gasteiger partial charge in [-0.15, -0.1) is 11.3 Å². The molecule has 2 aromatic carbocycles. The fourth-order valence-electron chi connectivity index (χ4n) is 3.72. The summed E-state index contributed by atoms with van der Waals surface area (Å²) >= 11 is 1.02. The van der Waals surface area contributed by atoms with Gasteiger partial charge >= 0.3 is 6.18 Å². The fourth-order valence-corrected chi connectivity index (χ4v) is 4.75. The second-order valence-corrected chi connectivity index (χ2v) is 9.06. The van der Waals surface area contributed by atoms with E-state index in [9.17, 15) is 27.6 Å². The average Bonchev–Trinajstić information content (AvgIpc) is 3.22. The number of carbonyl (C=O) groups is 2. The van der Waals surface area contributed by atoms with E-state index < -0.39 is 35.7 Å². The number of nitrogens with zero attached hydrogens (tertiary/aromatic N) is 2. The Morgan fingerprint density at radius 2 is 1.74 bits per heavy atom. The molecular formula is C25H21F3N4O5S. The summed E-state index contributed by atoms with van der Waals surface area (Å²) in [5, 5.41) is 5.27. The van der Waals surface area contributed by atoms with Gasteiger partial charge in [0, 0.05) is 17.4 Å². The Morgan fingerprint density at radius 3 is 2.42 bits per heavy atom. The minimum absolute atomic E-state index is 0.0623. The van der Waals surface area contributed by atoms with Crippen LogP contribution in [-0.4, -0.2) is 35.6 Å². The Bertz CT molecular complexity index is 1600. The number of thiophene rings is 1. The summed E-state index contributed by atoms with van der Waals surface area (Å²) in [5.74, 6) is -0.269. The third-order valence-electron chi connectivity index (χ3n) is 5.55. The lowest BCUT2D eigenvalue weighted by molar-refractivity contribution is -0.137. The minimum atomic E-state index is -4.56. The number of benzene rings is 2. The van der Waals surface area contributed by atoms with Crippen LogP contribution in [0.25, 0.3) is 10.2 Å². The second kappa shape index (κ2) is 10.5. The molecule has 13 heteroatoms. The molecule has 38 heavy (non-hydrogen) atoms. The largest absolute Gasteiger partial charge is 0.493 e. The molecule has 0 aliphatic heterocycles. The number of carbonyl (C=O) groups excluding carboxylic acids is 2. The van der Waals surface area contributed by atoms with E-state index in [4.69, 9.17) is 9.47 Å². The summed E-state index contributed by atoms with van der Waals surface area (Å²) in [4.78, 5) is 43.3. The molecule has 0 spiro atoms. The van der Waals surface area contributed by atoms with Crippen molar-refractivity contribution in [2.45, 2.75) is 19.6 Å². The van der Waals surface area contributed by atoms with E-state index in [-0.39, 0.29) is 16.0 Å². The maximum atomic E-state index is 13.1. The number of ether oxygens (including phenoxy) is 2. The van der Waals surface area contributed by atoms with E-state index in [1.54, 1.807) is 25.1 Å². The molecule has 0 saturated heterocycles. The first-order valence-corrected chi connectivity index (χ1v) is 11.8. The molecule has 0 saturated carbocycles. The molecule has 2 aromatic heterocycles. The van der Waals surface area contributed by atoms with Crippen molar-refractivity contribution in [3.63, 3.8) is 0 Å². The highest BCUT2D eigenvalue weighted by molar-refractivity contribution is 7.20. The molecule has 0 bridgehead atoms. The molecule has 0 fully saturated rings. The molecule has 2 heterocycles. The molecule has 0 aliphatic carbocycles. The Hall–Kier alpha value is -4.39. The zero-order valence-corrected chi connectivity index (χ0v) is 21.1. The minimum Gasteiger partial charge on any atom is -0.493 e. The third-order valence-corrected chi connectivity index (χ3v) is 6.75.